The first-order valence-corrected chi connectivity index (χ1v) is 6.69. The monoisotopic (exact) mass is 265 g/mol. The molecule has 0 aliphatic carbocycles. The molecule has 0 aromatic heterocycles. The summed E-state index contributed by atoms with van der Waals surface area (Å²) in [5.41, 5.74) is 2.70. The van der Waals surface area contributed by atoms with E-state index in [1.807, 2.05) is 60.7 Å². The number of ketones is 1. The fourth-order valence-electron chi connectivity index (χ4n) is 2.29. The molecule has 3 nitrogen and oxygen atoms in total. The zero-order valence-electron chi connectivity index (χ0n) is 11.0. The van der Waals surface area contributed by atoms with Crippen LogP contribution in [0.2, 0.25) is 0 Å². The van der Waals surface area contributed by atoms with Crippen molar-refractivity contribution in [3.05, 3.63) is 71.8 Å². The second kappa shape index (κ2) is 5.70. The van der Waals surface area contributed by atoms with E-state index in [-0.39, 0.29) is 11.9 Å². The fourth-order valence-corrected chi connectivity index (χ4v) is 2.29. The van der Waals surface area contributed by atoms with Crippen molar-refractivity contribution in [3.8, 4) is 0 Å². The van der Waals surface area contributed by atoms with Gasteiger partial charge in [0.25, 0.3) is 0 Å². The predicted octanol–water partition coefficient (Wildman–Crippen LogP) is 3.45. The Morgan fingerprint density at radius 1 is 1.05 bits per heavy atom. The molecular formula is C17H15NO2. The van der Waals surface area contributed by atoms with Gasteiger partial charge in [0.2, 0.25) is 0 Å². The van der Waals surface area contributed by atoms with E-state index in [2.05, 4.69) is 5.16 Å². The van der Waals surface area contributed by atoms with Crippen molar-refractivity contribution in [2.45, 2.75) is 18.9 Å². The summed E-state index contributed by atoms with van der Waals surface area (Å²) in [6.45, 7) is 0. The maximum Gasteiger partial charge on any atom is 0.166 e. The van der Waals surface area contributed by atoms with Gasteiger partial charge in [-0.2, -0.15) is 0 Å². The molecule has 0 radical (unpaired) electrons. The number of hydrogen-bond acceptors (Lipinski definition) is 3. The van der Waals surface area contributed by atoms with E-state index in [4.69, 9.17) is 4.84 Å². The van der Waals surface area contributed by atoms with E-state index in [1.54, 1.807) is 0 Å². The molecule has 1 aliphatic heterocycles. The van der Waals surface area contributed by atoms with E-state index >= 15 is 0 Å². The second-order valence-electron chi connectivity index (χ2n) is 4.83. The van der Waals surface area contributed by atoms with Gasteiger partial charge in [-0.1, -0.05) is 65.8 Å². The summed E-state index contributed by atoms with van der Waals surface area (Å²) in [6.07, 6.45) is 0.893. The van der Waals surface area contributed by atoms with Crippen molar-refractivity contribution in [1.82, 2.24) is 0 Å². The van der Waals surface area contributed by atoms with Gasteiger partial charge < -0.3 is 4.84 Å². The Hall–Kier alpha value is -2.42. The normalized spacial score (nSPS) is 17.4. The van der Waals surface area contributed by atoms with Crippen molar-refractivity contribution in [3.63, 3.8) is 0 Å². The Bertz CT molecular complexity index is 620. The Kier molecular flexibility index (Phi) is 3.59. The number of oxime groups is 1. The van der Waals surface area contributed by atoms with Gasteiger partial charge in [-0.05, 0) is 5.56 Å². The van der Waals surface area contributed by atoms with Crippen LogP contribution in [0.25, 0.3) is 0 Å². The van der Waals surface area contributed by atoms with Crippen LogP contribution in [-0.4, -0.2) is 17.6 Å². The molecular weight excluding hydrogens is 250 g/mol. The number of nitrogens with zero attached hydrogens (tertiary/aromatic N) is 1. The Morgan fingerprint density at radius 2 is 1.70 bits per heavy atom. The van der Waals surface area contributed by atoms with Crippen LogP contribution in [0.15, 0.2) is 65.8 Å². The van der Waals surface area contributed by atoms with Gasteiger partial charge in [0.05, 0.1) is 12.1 Å². The fraction of sp³-hybridized carbons (Fsp3) is 0.176. The molecule has 0 amide bonds. The lowest BCUT2D eigenvalue weighted by Crippen LogP contribution is -2.14. The van der Waals surface area contributed by atoms with E-state index in [0.717, 1.165) is 16.8 Å². The molecule has 1 atom stereocenters. The first-order chi connectivity index (χ1) is 9.83. The molecule has 0 spiro atoms. The zero-order valence-corrected chi connectivity index (χ0v) is 11.0. The van der Waals surface area contributed by atoms with E-state index in [1.165, 1.54) is 0 Å². The number of rotatable bonds is 4. The molecule has 100 valence electrons. The molecule has 1 aliphatic rings. The van der Waals surface area contributed by atoms with Crippen LogP contribution in [-0.2, 0) is 4.84 Å². The largest absolute Gasteiger partial charge is 0.391 e. The lowest BCUT2D eigenvalue weighted by atomic mass is 9.99. The highest BCUT2D eigenvalue weighted by molar-refractivity contribution is 6.02. The quantitative estimate of drug-likeness (QED) is 0.794. The summed E-state index contributed by atoms with van der Waals surface area (Å²) in [7, 11) is 0. The molecule has 2 aromatic rings. The van der Waals surface area contributed by atoms with Crippen LogP contribution in [0.3, 0.4) is 0 Å². The van der Waals surface area contributed by atoms with Gasteiger partial charge in [0, 0.05) is 12.0 Å². The smallest absolute Gasteiger partial charge is 0.166 e. The Morgan fingerprint density at radius 3 is 2.40 bits per heavy atom. The first-order valence-electron chi connectivity index (χ1n) is 6.69. The van der Waals surface area contributed by atoms with Crippen molar-refractivity contribution in [2.75, 3.05) is 0 Å². The molecule has 20 heavy (non-hydrogen) atoms. The van der Waals surface area contributed by atoms with Crippen LogP contribution < -0.4 is 0 Å². The average molecular weight is 265 g/mol. The standard InChI is InChI=1S/C17H15NO2/c19-17(14-9-5-2-6-10-14)12-15-11-16(18-20-15)13-7-3-1-4-8-13/h1-10,15H,11-12H2/t15-/m1/s1. The molecule has 0 unspecified atom stereocenters. The summed E-state index contributed by atoms with van der Waals surface area (Å²) in [6, 6.07) is 19.2. The number of Topliss-reactive ketones (excluding diaryl/α,β-unsaturated/α-hetero) is 1. The maximum atomic E-state index is 12.1. The molecule has 0 saturated heterocycles. The molecule has 0 saturated carbocycles. The summed E-state index contributed by atoms with van der Waals surface area (Å²) in [5, 5.41) is 4.10. The van der Waals surface area contributed by atoms with E-state index in [9.17, 15) is 4.79 Å². The van der Waals surface area contributed by atoms with Crippen molar-refractivity contribution >= 4 is 11.5 Å². The van der Waals surface area contributed by atoms with Gasteiger partial charge in [0.15, 0.2) is 5.78 Å². The van der Waals surface area contributed by atoms with E-state index in [0.29, 0.717) is 12.8 Å². The van der Waals surface area contributed by atoms with Crippen molar-refractivity contribution < 1.29 is 9.63 Å². The SMILES string of the molecule is O=C(C[C@H]1CC(c2ccccc2)=NO1)c1ccccc1. The van der Waals surface area contributed by atoms with Crippen LogP contribution >= 0.6 is 0 Å². The maximum absolute atomic E-state index is 12.1. The van der Waals surface area contributed by atoms with Gasteiger partial charge in [-0.15, -0.1) is 0 Å². The Balaban J connectivity index is 1.61. The summed E-state index contributed by atoms with van der Waals surface area (Å²) in [5.74, 6) is 0.0973. The third-order valence-corrected chi connectivity index (χ3v) is 3.35. The number of hydrogen-bond donors (Lipinski definition) is 0. The highest BCUT2D eigenvalue weighted by Gasteiger charge is 2.24. The highest BCUT2D eigenvalue weighted by Crippen LogP contribution is 2.20. The minimum atomic E-state index is -0.155. The van der Waals surface area contributed by atoms with Crippen LogP contribution in [0.4, 0.5) is 0 Å². The van der Waals surface area contributed by atoms with Crippen LogP contribution in [0, 0.1) is 0 Å². The third-order valence-electron chi connectivity index (χ3n) is 3.35. The third kappa shape index (κ3) is 2.77. The lowest BCUT2D eigenvalue weighted by molar-refractivity contribution is 0.0659. The van der Waals surface area contributed by atoms with Gasteiger partial charge in [0.1, 0.15) is 6.10 Å². The molecule has 1 heterocycles. The molecule has 3 rings (SSSR count). The molecule has 0 fully saturated rings. The minimum absolute atomic E-state index is 0.0973. The predicted molar refractivity (Wildman–Crippen MR) is 77.9 cm³/mol. The van der Waals surface area contributed by atoms with E-state index < -0.39 is 0 Å². The first kappa shape index (κ1) is 12.6. The summed E-state index contributed by atoms with van der Waals surface area (Å²) >= 11 is 0. The molecule has 2 aromatic carbocycles. The van der Waals surface area contributed by atoms with Gasteiger partial charge in [-0.3, -0.25) is 4.79 Å². The van der Waals surface area contributed by atoms with Crippen molar-refractivity contribution in [2.24, 2.45) is 5.16 Å². The molecule has 0 N–H and O–H groups in total. The van der Waals surface area contributed by atoms with Crippen LogP contribution in [0.1, 0.15) is 28.8 Å². The highest BCUT2D eigenvalue weighted by atomic mass is 16.6. The van der Waals surface area contributed by atoms with Gasteiger partial charge >= 0.3 is 0 Å². The Labute approximate surface area is 117 Å². The lowest BCUT2D eigenvalue weighted by Gasteiger charge is -2.07. The summed E-state index contributed by atoms with van der Waals surface area (Å²) in [4.78, 5) is 17.5. The van der Waals surface area contributed by atoms with Crippen molar-refractivity contribution in [1.29, 1.82) is 0 Å². The molecule has 0 bridgehead atoms. The average Bonchev–Trinajstić information content (AvgIpc) is 2.97. The number of carbonyl (C=O) groups is 1. The number of carbonyl (C=O) groups excluding carboxylic acids is 1. The summed E-state index contributed by atoms with van der Waals surface area (Å²) < 4.78 is 0. The number of benzene rings is 2. The van der Waals surface area contributed by atoms with Gasteiger partial charge in [-0.25, -0.2) is 0 Å². The molecule has 3 heteroatoms. The zero-order chi connectivity index (χ0) is 13.8. The minimum Gasteiger partial charge on any atom is -0.391 e. The van der Waals surface area contributed by atoms with Crippen LogP contribution in [0.5, 0.6) is 0 Å². The second-order valence-corrected chi connectivity index (χ2v) is 4.83. The topological polar surface area (TPSA) is 38.7 Å².